The zero-order valence-corrected chi connectivity index (χ0v) is 13.6. The summed E-state index contributed by atoms with van der Waals surface area (Å²) in [5, 5.41) is 11.0. The number of ether oxygens (including phenoxy) is 2. The molecule has 0 saturated carbocycles. The molecule has 2 heterocycles. The van der Waals surface area contributed by atoms with Gasteiger partial charge in [-0.05, 0) is 27.7 Å². The molecular weight excluding hydrogens is 288 g/mol. The van der Waals surface area contributed by atoms with Gasteiger partial charge in [0.05, 0.1) is 14.4 Å². The topological polar surface area (TPSA) is 82.7 Å². The van der Waals surface area contributed by atoms with Crippen molar-refractivity contribution in [1.82, 2.24) is 9.13 Å². The quantitative estimate of drug-likeness (QED) is 0.868. The molecule has 1 N–H and O–H groups in total. The van der Waals surface area contributed by atoms with Crippen LogP contribution in [0.4, 0.5) is 0 Å². The van der Waals surface area contributed by atoms with E-state index in [2.05, 4.69) is 0 Å². The highest BCUT2D eigenvalue weighted by molar-refractivity contribution is 5.08. The molecular formula is C15H24N2O5. The maximum Gasteiger partial charge on any atom is 0.332 e. The van der Waals surface area contributed by atoms with E-state index in [0.29, 0.717) is 4.57 Å². The maximum absolute atomic E-state index is 12.6. The van der Waals surface area contributed by atoms with Crippen molar-refractivity contribution in [2.45, 2.75) is 57.6 Å². The summed E-state index contributed by atoms with van der Waals surface area (Å²) in [5.74, 6) is 0. The standard InChI is InChI=1S/C15H24N2O5/c1-9-8-17(13(19)16(5)12(9)18)11-7-14(3,20)15(4,22-11)10(2)21-6/h8,10-11,20H,7H2,1-6H3/t10?,11-,14+,15-/m0/s1/i7D2,10D,11D. The fraction of sp³-hybridized carbons (Fsp3) is 0.733. The van der Waals surface area contributed by atoms with Gasteiger partial charge < -0.3 is 14.6 Å². The molecule has 0 spiro atoms. The molecule has 22 heavy (non-hydrogen) atoms. The van der Waals surface area contributed by atoms with Gasteiger partial charge in [-0.25, -0.2) is 4.79 Å². The minimum absolute atomic E-state index is 0.0896. The van der Waals surface area contributed by atoms with Crippen molar-refractivity contribution in [3.8, 4) is 0 Å². The first-order valence-corrected chi connectivity index (χ1v) is 6.79. The zero-order valence-electron chi connectivity index (χ0n) is 17.6. The van der Waals surface area contributed by atoms with E-state index in [1.165, 1.54) is 34.9 Å². The summed E-state index contributed by atoms with van der Waals surface area (Å²) in [4.78, 5) is 24.5. The average molecular weight is 316 g/mol. The first-order valence-electron chi connectivity index (χ1n) is 8.79. The van der Waals surface area contributed by atoms with Crippen LogP contribution in [-0.4, -0.2) is 38.6 Å². The summed E-state index contributed by atoms with van der Waals surface area (Å²) in [7, 11) is 2.39. The van der Waals surface area contributed by atoms with Gasteiger partial charge in [-0.1, -0.05) is 0 Å². The van der Waals surface area contributed by atoms with E-state index in [1.807, 2.05) is 0 Å². The third kappa shape index (κ3) is 2.33. The van der Waals surface area contributed by atoms with E-state index >= 15 is 0 Å². The lowest BCUT2D eigenvalue weighted by Gasteiger charge is -2.39. The molecule has 1 saturated heterocycles. The van der Waals surface area contributed by atoms with Crippen molar-refractivity contribution >= 4 is 0 Å². The van der Waals surface area contributed by atoms with Gasteiger partial charge in [0.1, 0.15) is 11.8 Å². The molecule has 124 valence electrons. The average Bonchev–Trinajstić information content (AvgIpc) is 2.65. The molecule has 1 aromatic heterocycles. The fourth-order valence-electron chi connectivity index (χ4n) is 2.33. The number of methoxy groups -OCH3 is 1. The third-order valence-electron chi connectivity index (χ3n) is 4.23. The molecule has 1 aliphatic rings. The van der Waals surface area contributed by atoms with Crippen molar-refractivity contribution in [1.29, 1.82) is 0 Å². The molecule has 7 heteroatoms. The van der Waals surface area contributed by atoms with Crippen molar-refractivity contribution < 1.29 is 20.1 Å². The van der Waals surface area contributed by atoms with Gasteiger partial charge in [-0.2, -0.15) is 0 Å². The Morgan fingerprint density at radius 1 is 1.64 bits per heavy atom. The molecule has 1 aromatic rings. The van der Waals surface area contributed by atoms with Crippen molar-refractivity contribution in [3.63, 3.8) is 0 Å². The number of hydrogen-bond donors (Lipinski definition) is 1. The largest absolute Gasteiger partial charge is 0.387 e. The van der Waals surface area contributed by atoms with Gasteiger partial charge in [0, 0.05) is 35.0 Å². The highest BCUT2D eigenvalue weighted by Crippen LogP contribution is 2.46. The van der Waals surface area contributed by atoms with Gasteiger partial charge in [0.2, 0.25) is 0 Å². The second kappa shape index (κ2) is 5.33. The van der Waals surface area contributed by atoms with Gasteiger partial charge >= 0.3 is 5.69 Å². The minimum atomic E-state index is -2.84. The Balaban J connectivity index is 2.87. The number of aliphatic hydroxyl groups is 1. The lowest BCUT2D eigenvalue weighted by Crippen LogP contribution is -2.54. The molecule has 1 aliphatic heterocycles. The Hall–Kier alpha value is -1.44. The van der Waals surface area contributed by atoms with Gasteiger partial charge in [0.15, 0.2) is 0 Å². The predicted octanol–water partition coefficient (Wildman–Crippen LogP) is 0.319. The van der Waals surface area contributed by atoms with Crippen LogP contribution in [0.15, 0.2) is 15.8 Å². The second-order valence-electron chi connectivity index (χ2n) is 5.73. The molecule has 2 rings (SSSR count). The Labute approximate surface area is 134 Å². The molecule has 0 aliphatic carbocycles. The van der Waals surface area contributed by atoms with Gasteiger partial charge in [-0.15, -0.1) is 0 Å². The van der Waals surface area contributed by atoms with Crippen LogP contribution in [0.2, 0.25) is 0 Å². The smallest absolute Gasteiger partial charge is 0.332 e. The lowest BCUT2D eigenvalue weighted by molar-refractivity contribution is -0.184. The molecule has 0 radical (unpaired) electrons. The molecule has 0 amide bonds. The van der Waals surface area contributed by atoms with Gasteiger partial charge in [0.25, 0.3) is 5.56 Å². The second-order valence-corrected chi connectivity index (χ2v) is 5.73. The summed E-state index contributed by atoms with van der Waals surface area (Å²) in [5.41, 5.74) is -5.90. The van der Waals surface area contributed by atoms with Crippen LogP contribution in [0.5, 0.6) is 0 Å². The van der Waals surface area contributed by atoms with E-state index in [-0.39, 0.29) is 5.56 Å². The number of hydrogen-bond acceptors (Lipinski definition) is 5. The number of aryl methyl sites for hydroxylation is 1. The zero-order chi connectivity index (χ0) is 20.5. The molecule has 1 fully saturated rings. The Kier molecular flexibility index (Phi) is 2.92. The highest BCUT2D eigenvalue weighted by atomic mass is 16.6. The molecule has 0 bridgehead atoms. The van der Waals surface area contributed by atoms with Crippen molar-refractivity contribution in [2.24, 2.45) is 7.05 Å². The first kappa shape index (κ1) is 12.0. The molecule has 1 unspecified atom stereocenters. The SMILES string of the molecule is [2H]C(C)(OC)[C@]1(C)O[C@]([2H])(n2cc(C)c(=O)n(C)c2=O)C([2H])([2H])[C@@]1(C)O. The van der Waals surface area contributed by atoms with Crippen LogP contribution in [0.3, 0.4) is 0 Å². The maximum atomic E-state index is 12.6. The predicted molar refractivity (Wildman–Crippen MR) is 80.9 cm³/mol. The molecule has 0 aromatic carbocycles. The number of rotatable bonds is 3. The summed E-state index contributed by atoms with van der Waals surface area (Å²) in [6.45, 7) is 5.01. The highest BCUT2D eigenvalue weighted by Gasteiger charge is 2.57. The Morgan fingerprint density at radius 2 is 2.23 bits per heavy atom. The van der Waals surface area contributed by atoms with Crippen LogP contribution < -0.4 is 11.2 Å². The Morgan fingerprint density at radius 3 is 2.77 bits per heavy atom. The normalized spacial score (nSPS) is 42.9. The van der Waals surface area contributed by atoms with Crippen LogP contribution in [0.1, 0.15) is 44.4 Å². The van der Waals surface area contributed by atoms with E-state index in [1.54, 1.807) is 0 Å². The van der Waals surface area contributed by atoms with E-state index in [0.717, 1.165) is 17.7 Å². The lowest BCUT2D eigenvalue weighted by atomic mass is 9.82. The summed E-state index contributed by atoms with van der Waals surface area (Å²) < 4.78 is 45.8. The van der Waals surface area contributed by atoms with Crippen LogP contribution in [0.25, 0.3) is 0 Å². The van der Waals surface area contributed by atoms with Crippen molar-refractivity contribution in [3.05, 3.63) is 32.6 Å². The summed E-state index contributed by atoms with van der Waals surface area (Å²) in [6.07, 6.45) is -6.53. The van der Waals surface area contributed by atoms with E-state index in [9.17, 15) is 14.7 Å². The molecule has 7 nitrogen and oxygen atoms in total. The number of aromatic nitrogens is 2. The van der Waals surface area contributed by atoms with Crippen LogP contribution >= 0.6 is 0 Å². The molecule has 4 atom stereocenters. The third-order valence-corrected chi connectivity index (χ3v) is 4.23. The first-order chi connectivity index (χ1) is 11.5. The van der Waals surface area contributed by atoms with E-state index in [4.69, 9.17) is 15.0 Å². The number of nitrogens with zero attached hydrogens (tertiary/aromatic N) is 2. The summed E-state index contributed by atoms with van der Waals surface area (Å²) in [6, 6.07) is 0. The van der Waals surface area contributed by atoms with Crippen LogP contribution in [-0.2, 0) is 16.5 Å². The van der Waals surface area contributed by atoms with E-state index < -0.39 is 41.1 Å². The van der Waals surface area contributed by atoms with Crippen LogP contribution in [0, 0.1) is 6.92 Å². The fourth-order valence-corrected chi connectivity index (χ4v) is 2.33. The van der Waals surface area contributed by atoms with Gasteiger partial charge in [-0.3, -0.25) is 13.9 Å². The van der Waals surface area contributed by atoms with Crippen molar-refractivity contribution in [2.75, 3.05) is 7.11 Å². The monoisotopic (exact) mass is 316 g/mol. The minimum Gasteiger partial charge on any atom is -0.387 e. The summed E-state index contributed by atoms with van der Waals surface area (Å²) >= 11 is 0. The Bertz CT molecular complexity index is 863.